The molecule has 0 saturated carbocycles. The van der Waals surface area contributed by atoms with Crippen LogP contribution in [0.5, 0.6) is 0 Å². The lowest BCUT2D eigenvalue weighted by atomic mass is 10.1. The Bertz CT molecular complexity index is 641. The molecule has 0 radical (unpaired) electrons. The van der Waals surface area contributed by atoms with Gasteiger partial charge in [0.25, 0.3) is 0 Å². The monoisotopic (exact) mass is 302 g/mol. The van der Waals surface area contributed by atoms with Crippen LogP contribution in [0.3, 0.4) is 0 Å². The lowest BCUT2D eigenvalue weighted by molar-refractivity contribution is 0.0477. The number of carbonyl (C=O) groups excluding carboxylic acids is 1. The summed E-state index contributed by atoms with van der Waals surface area (Å²) in [6.07, 6.45) is 1.79. The highest BCUT2D eigenvalue weighted by atomic mass is 32.2. The molecule has 0 N–H and O–H groups in total. The maximum Gasteiger partial charge on any atom is 0.348 e. The molecule has 2 aromatic rings. The molecule has 2 nitrogen and oxygen atoms in total. The second-order valence-corrected chi connectivity index (χ2v) is 6.45. The highest BCUT2D eigenvalue weighted by molar-refractivity contribution is 7.98. The zero-order valence-electron chi connectivity index (χ0n) is 10.9. The Balaban J connectivity index is 1.65. The van der Waals surface area contributed by atoms with E-state index in [9.17, 15) is 4.79 Å². The zero-order chi connectivity index (χ0) is 13.9. The van der Waals surface area contributed by atoms with Crippen molar-refractivity contribution in [3.8, 4) is 0 Å². The van der Waals surface area contributed by atoms with E-state index in [4.69, 9.17) is 4.74 Å². The third-order valence-corrected chi connectivity index (χ3v) is 5.31. The van der Waals surface area contributed by atoms with Gasteiger partial charge in [0.15, 0.2) is 0 Å². The van der Waals surface area contributed by atoms with Crippen LogP contribution in [0.4, 0.5) is 0 Å². The van der Waals surface area contributed by atoms with Crippen LogP contribution in [-0.2, 0) is 22.8 Å². The summed E-state index contributed by atoms with van der Waals surface area (Å²) in [4.78, 5) is 12.9. The van der Waals surface area contributed by atoms with Crippen LogP contribution in [0, 0.1) is 0 Å². The maximum atomic E-state index is 12.1. The SMILES string of the molecule is C=Cc1ccc(COC(=O)c2scc3c2CSC3)cc1. The Morgan fingerprint density at radius 2 is 2.10 bits per heavy atom. The molecular weight excluding hydrogens is 288 g/mol. The quantitative estimate of drug-likeness (QED) is 0.778. The third kappa shape index (κ3) is 2.67. The van der Waals surface area contributed by atoms with Gasteiger partial charge in [-0.1, -0.05) is 36.9 Å². The average molecular weight is 302 g/mol. The fourth-order valence-electron chi connectivity index (χ4n) is 2.10. The number of ether oxygens (including phenoxy) is 1. The molecule has 1 aromatic heterocycles. The lowest BCUT2D eigenvalue weighted by Gasteiger charge is -2.05. The molecule has 0 saturated heterocycles. The molecule has 4 heteroatoms. The number of esters is 1. The molecule has 102 valence electrons. The summed E-state index contributed by atoms with van der Waals surface area (Å²) in [5.74, 6) is 1.74. The number of thioether (sulfide) groups is 1. The first-order chi connectivity index (χ1) is 9.78. The van der Waals surface area contributed by atoms with Crippen molar-refractivity contribution in [1.82, 2.24) is 0 Å². The van der Waals surface area contributed by atoms with Gasteiger partial charge in [0.2, 0.25) is 0 Å². The number of hydrogen-bond acceptors (Lipinski definition) is 4. The van der Waals surface area contributed by atoms with Gasteiger partial charge in [0.05, 0.1) is 0 Å². The van der Waals surface area contributed by atoms with Crippen molar-refractivity contribution in [2.75, 3.05) is 0 Å². The van der Waals surface area contributed by atoms with E-state index in [1.165, 1.54) is 22.5 Å². The van der Waals surface area contributed by atoms with Gasteiger partial charge < -0.3 is 4.74 Å². The molecule has 2 heterocycles. The first-order valence-corrected chi connectivity index (χ1v) is 8.37. The first kappa shape index (κ1) is 13.5. The number of carbonyl (C=O) groups is 1. The topological polar surface area (TPSA) is 26.3 Å². The van der Waals surface area contributed by atoms with Crippen molar-refractivity contribution < 1.29 is 9.53 Å². The smallest absolute Gasteiger partial charge is 0.348 e. The van der Waals surface area contributed by atoms with E-state index in [2.05, 4.69) is 12.0 Å². The molecule has 0 amide bonds. The minimum atomic E-state index is -0.202. The highest BCUT2D eigenvalue weighted by Gasteiger charge is 2.22. The van der Waals surface area contributed by atoms with Crippen molar-refractivity contribution in [3.63, 3.8) is 0 Å². The maximum absolute atomic E-state index is 12.1. The minimum Gasteiger partial charge on any atom is -0.457 e. The van der Waals surface area contributed by atoms with Crippen molar-refractivity contribution in [2.45, 2.75) is 18.1 Å². The summed E-state index contributed by atoms with van der Waals surface area (Å²) in [5.41, 5.74) is 4.52. The number of hydrogen-bond donors (Lipinski definition) is 0. The molecule has 0 bridgehead atoms. The second kappa shape index (κ2) is 5.85. The fraction of sp³-hybridized carbons (Fsp3) is 0.188. The lowest BCUT2D eigenvalue weighted by Crippen LogP contribution is -2.05. The summed E-state index contributed by atoms with van der Waals surface area (Å²) in [6, 6.07) is 7.85. The van der Waals surface area contributed by atoms with E-state index in [1.54, 1.807) is 6.08 Å². The van der Waals surface area contributed by atoms with Gasteiger partial charge in [-0.3, -0.25) is 0 Å². The summed E-state index contributed by atoms with van der Waals surface area (Å²) in [5, 5.41) is 2.07. The Labute approximate surface area is 126 Å². The minimum absolute atomic E-state index is 0.202. The molecule has 0 atom stereocenters. The molecule has 1 aliphatic heterocycles. The van der Waals surface area contributed by atoms with Gasteiger partial charge in [-0.25, -0.2) is 4.79 Å². The molecule has 0 unspecified atom stereocenters. The zero-order valence-corrected chi connectivity index (χ0v) is 12.6. The molecule has 1 aromatic carbocycles. The summed E-state index contributed by atoms with van der Waals surface area (Å²) >= 11 is 3.35. The normalized spacial score (nSPS) is 13.0. The van der Waals surface area contributed by atoms with E-state index >= 15 is 0 Å². The first-order valence-electron chi connectivity index (χ1n) is 6.33. The van der Waals surface area contributed by atoms with Crippen LogP contribution in [0.1, 0.15) is 31.9 Å². The third-order valence-electron chi connectivity index (χ3n) is 3.26. The van der Waals surface area contributed by atoms with Crippen LogP contribution >= 0.6 is 23.1 Å². The van der Waals surface area contributed by atoms with Gasteiger partial charge in [-0.2, -0.15) is 11.8 Å². The van der Waals surface area contributed by atoms with Crippen LogP contribution in [0.15, 0.2) is 36.2 Å². The van der Waals surface area contributed by atoms with Crippen molar-refractivity contribution in [2.24, 2.45) is 0 Å². The molecule has 0 aliphatic carbocycles. The van der Waals surface area contributed by atoms with E-state index in [0.717, 1.165) is 27.5 Å². The van der Waals surface area contributed by atoms with Gasteiger partial charge in [-0.15, -0.1) is 11.3 Å². The fourth-order valence-corrected chi connectivity index (χ4v) is 4.39. The highest BCUT2D eigenvalue weighted by Crippen LogP contribution is 2.36. The number of rotatable bonds is 4. The summed E-state index contributed by atoms with van der Waals surface area (Å²) in [7, 11) is 0. The van der Waals surface area contributed by atoms with Gasteiger partial charge >= 0.3 is 5.97 Å². The van der Waals surface area contributed by atoms with Crippen LogP contribution in [0.25, 0.3) is 6.08 Å². The van der Waals surface area contributed by atoms with Crippen LogP contribution in [-0.4, -0.2) is 5.97 Å². The average Bonchev–Trinajstić information content (AvgIpc) is 3.08. The number of benzene rings is 1. The Morgan fingerprint density at radius 3 is 2.85 bits per heavy atom. The second-order valence-electron chi connectivity index (χ2n) is 4.58. The van der Waals surface area contributed by atoms with E-state index < -0.39 is 0 Å². The number of fused-ring (bicyclic) bond motifs is 1. The molecular formula is C16H14O2S2. The summed E-state index contributed by atoms with van der Waals surface area (Å²) in [6.45, 7) is 4.03. The van der Waals surface area contributed by atoms with Crippen molar-refractivity contribution >= 4 is 35.1 Å². The van der Waals surface area contributed by atoms with Gasteiger partial charge in [-0.05, 0) is 27.6 Å². The van der Waals surface area contributed by atoms with Crippen LogP contribution in [0.2, 0.25) is 0 Å². The largest absolute Gasteiger partial charge is 0.457 e. The standard InChI is InChI=1S/C16H14O2S2/c1-2-11-3-5-12(6-4-11)7-18-16(17)15-14-10-19-8-13(14)9-20-15/h2-6,9H,1,7-8,10H2. The van der Waals surface area contributed by atoms with E-state index in [1.807, 2.05) is 36.0 Å². The molecule has 0 spiro atoms. The van der Waals surface area contributed by atoms with Crippen molar-refractivity contribution in [1.29, 1.82) is 0 Å². The van der Waals surface area contributed by atoms with Gasteiger partial charge in [0, 0.05) is 11.5 Å². The predicted octanol–water partition coefficient (Wildman–Crippen LogP) is 4.49. The Hall–Kier alpha value is -1.52. The van der Waals surface area contributed by atoms with Crippen LogP contribution < -0.4 is 0 Å². The van der Waals surface area contributed by atoms with Gasteiger partial charge in [0.1, 0.15) is 11.5 Å². The Kier molecular flexibility index (Phi) is 3.94. The molecule has 1 aliphatic rings. The molecule has 20 heavy (non-hydrogen) atoms. The van der Waals surface area contributed by atoms with E-state index in [0.29, 0.717) is 6.61 Å². The molecule has 3 rings (SSSR count). The summed E-state index contributed by atoms with van der Waals surface area (Å²) < 4.78 is 5.41. The van der Waals surface area contributed by atoms with E-state index in [-0.39, 0.29) is 5.97 Å². The van der Waals surface area contributed by atoms with Crippen molar-refractivity contribution in [3.05, 3.63) is 63.4 Å². The Morgan fingerprint density at radius 1 is 1.30 bits per heavy atom. The molecule has 0 fully saturated rings. The predicted molar refractivity (Wildman–Crippen MR) is 85.0 cm³/mol. The number of thiophene rings is 1.